The van der Waals surface area contributed by atoms with Crippen molar-refractivity contribution in [2.45, 2.75) is 27.2 Å². The summed E-state index contributed by atoms with van der Waals surface area (Å²) in [7, 11) is 0. The van der Waals surface area contributed by atoms with E-state index in [-0.39, 0.29) is 5.91 Å². The van der Waals surface area contributed by atoms with Gasteiger partial charge in [-0.25, -0.2) is 4.99 Å². The summed E-state index contributed by atoms with van der Waals surface area (Å²) in [4.78, 5) is 17.6. The number of amides is 1. The number of nitrogens with one attached hydrogen (secondary N) is 1. The van der Waals surface area contributed by atoms with Gasteiger partial charge in [-0.3, -0.25) is 4.79 Å². The first-order valence-corrected chi connectivity index (χ1v) is 11.0. The normalized spacial score (nSPS) is 16.5. The van der Waals surface area contributed by atoms with Crippen molar-refractivity contribution in [3.63, 3.8) is 0 Å². The Hall–Kier alpha value is -2.76. The third-order valence-corrected chi connectivity index (χ3v) is 6.23. The number of aryl methyl sites for hydroxylation is 2. The van der Waals surface area contributed by atoms with Crippen LogP contribution in [0.25, 0.3) is 11.8 Å². The Morgan fingerprint density at radius 1 is 1.10 bits per heavy atom. The lowest BCUT2D eigenvalue weighted by Gasteiger charge is -2.10. The van der Waals surface area contributed by atoms with Gasteiger partial charge in [0, 0.05) is 22.1 Å². The molecule has 1 fully saturated rings. The van der Waals surface area contributed by atoms with E-state index in [1.807, 2.05) is 18.2 Å². The van der Waals surface area contributed by atoms with E-state index in [9.17, 15) is 4.79 Å². The second kappa shape index (κ2) is 8.54. The monoisotopic (exact) mass is 435 g/mol. The van der Waals surface area contributed by atoms with E-state index in [0.29, 0.717) is 15.1 Å². The smallest absolute Gasteiger partial charge is 0.264 e. The number of hydrogen-bond acceptors (Lipinski definition) is 3. The van der Waals surface area contributed by atoms with Crippen LogP contribution in [-0.2, 0) is 11.2 Å². The number of carbonyl (C=O) groups is 1. The van der Waals surface area contributed by atoms with Crippen LogP contribution >= 0.6 is 23.4 Å². The standard InChI is InChI=1S/C24H22ClN3OS/c1-4-17-5-11-21(12-6-17)28-15(2)13-18(16(28)3)14-22-23(29)27-24(30-22)26-20-9-7-19(25)8-10-20/h5-14H,4H2,1-3H3,(H,26,27,29)/b22-14-. The van der Waals surface area contributed by atoms with Crippen LogP contribution in [0.3, 0.4) is 0 Å². The Bertz CT molecular complexity index is 1160. The lowest BCUT2D eigenvalue weighted by molar-refractivity contribution is -0.115. The van der Waals surface area contributed by atoms with Gasteiger partial charge in [-0.2, -0.15) is 0 Å². The Morgan fingerprint density at radius 3 is 2.47 bits per heavy atom. The minimum Gasteiger partial charge on any atom is -0.318 e. The van der Waals surface area contributed by atoms with Gasteiger partial charge in [0.2, 0.25) is 0 Å². The molecule has 1 aliphatic heterocycles. The number of aliphatic imine (C=N–C) groups is 1. The molecule has 2 aromatic carbocycles. The van der Waals surface area contributed by atoms with Gasteiger partial charge >= 0.3 is 0 Å². The number of halogens is 1. The van der Waals surface area contributed by atoms with Gasteiger partial charge in [-0.1, -0.05) is 30.7 Å². The van der Waals surface area contributed by atoms with E-state index < -0.39 is 0 Å². The predicted molar refractivity (Wildman–Crippen MR) is 127 cm³/mol. The molecule has 152 valence electrons. The summed E-state index contributed by atoms with van der Waals surface area (Å²) in [6.45, 7) is 6.31. The maximum absolute atomic E-state index is 12.5. The summed E-state index contributed by atoms with van der Waals surface area (Å²) in [5.41, 5.74) is 6.44. The minimum atomic E-state index is -0.134. The molecule has 0 saturated carbocycles. The van der Waals surface area contributed by atoms with Gasteiger partial charge in [0.1, 0.15) is 0 Å². The molecule has 1 aliphatic rings. The van der Waals surface area contributed by atoms with E-state index in [1.54, 1.807) is 12.1 Å². The van der Waals surface area contributed by atoms with Crippen molar-refractivity contribution in [2.24, 2.45) is 4.99 Å². The number of amidine groups is 1. The SMILES string of the molecule is CCc1ccc(-n2c(C)cc(/C=C3\SC(=Nc4ccc(Cl)cc4)NC3=O)c2C)cc1. The van der Waals surface area contributed by atoms with Crippen LogP contribution in [0.1, 0.15) is 29.4 Å². The second-order valence-electron chi connectivity index (χ2n) is 7.14. The molecule has 0 unspecified atom stereocenters. The lowest BCUT2D eigenvalue weighted by Crippen LogP contribution is -2.19. The van der Waals surface area contributed by atoms with Crippen molar-refractivity contribution >= 4 is 46.2 Å². The van der Waals surface area contributed by atoms with Gasteiger partial charge < -0.3 is 9.88 Å². The van der Waals surface area contributed by atoms with E-state index in [2.05, 4.69) is 66.0 Å². The minimum absolute atomic E-state index is 0.134. The highest BCUT2D eigenvalue weighted by molar-refractivity contribution is 8.18. The lowest BCUT2D eigenvalue weighted by atomic mass is 10.1. The molecule has 0 aliphatic carbocycles. The molecule has 3 aromatic rings. The summed E-state index contributed by atoms with van der Waals surface area (Å²) >= 11 is 7.26. The van der Waals surface area contributed by atoms with Crippen LogP contribution in [0.15, 0.2) is 64.5 Å². The zero-order valence-electron chi connectivity index (χ0n) is 17.1. The molecule has 0 spiro atoms. The molecule has 1 saturated heterocycles. The molecule has 1 amide bonds. The predicted octanol–water partition coefficient (Wildman–Crippen LogP) is 6.20. The second-order valence-corrected chi connectivity index (χ2v) is 8.61. The molecular formula is C24H22ClN3OS. The molecule has 0 bridgehead atoms. The third kappa shape index (κ3) is 4.23. The molecule has 0 atom stereocenters. The van der Waals surface area contributed by atoms with Crippen molar-refractivity contribution < 1.29 is 4.79 Å². The molecule has 30 heavy (non-hydrogen) atoms. The third-order valence-electron chi connectivity index (χ3n) is 5.07. The van der Waals surface area contributed by atoms with Crippen molar-refractivity contribution in [2.75, 3.05) is 0 Å². The Kier molecular flexibility index (Phi) is 5.84. The largest absolute Gasteiger partial charge is 0.318 e. The van der Waals surface area contributed by atoms with Crippen molar-refractivity contribution in [3.05, 3.63) is 87.0 Å². The summed E-state index contributed by atoms with van der Waals surface area (Å²) in [6, 6.07) is 17.9. The molecule has 2 heterocycles. The average molecular weight is 436 g/mol. The molecule has 4 rings (SSSR count). The Morgan fingerprint density at radius 2 is 1.80 bits per heavy atom. The maximum Gasteiger partial charge on any atom is 0.264 e. The topological polar surface area (TPSA) is 46.4 Å². The fraction of sp³-hybridized carbons (Fsp3) is 0.167. The van der Waals surface area contributed by atoms with Crippen molar-refractivity contribution in [1.29, 1.82) is 0 Å². The highest BCUT2D eigenvalue weighted by Gasteiger charge is 2.24. The van der Waals surface area contributed by atoms with E-state index in [0.717, 1.165) is 34.7 Å². The van der Waals surface area contributed by atoms with Crippen LogP contribution in [0, 0.1) is 13.8 Å². The van der Waals surface area contributed by atoms with Gasteiger partial charge in [0.15, 0.2) is 5.17 Å². The number of benzene rings is 2. The summed E-state index contributed by atoms with van der Waals surface area (Å²) < 4.78 is 2.21. The molecule has 1 N–H and O–H groups in total. The number of hydrogen-bond donors (Lipinski definition) is 1. The fourth-order valence-electron chi connectivity index (χ4n) is 3.47. The number of thioether (sulfide) groups is 1. The molecular weight excluding hydrogens is 414 g/mol. The fourth-order valence-corrected chi connectivity index (χ4v) is 4.43. The van der Waals surface area contributed by atoms with Crippen LogP contribution in [0.5, 0.6) is 0 Å². The van der Waals surface area contributed by atoms with Gasteiger partial charge in [-0.15, -0.1) is 0 Å². The zero-order chi connectivity index (χ0) is 21.3. The Labute approximate surface area is 185 Å². The van der Waals surface area contributed by atoms with Crippen LogP contribution in [0.4, 0.5) is 5.69 Å². The van der Waals surface area contributed by atoms with Crippen molar-refractivity contribution in [1.82, 2.24) is 9.88 Å². The van der Waals surface area contributed by atoms with Crippen molar-refractivity contribution in [3.8, 4) is 5.69 Å². The van der Waals surface area contributed by atoms with E-state index in [1.165, 1.54) is 17.3 Å². The quantitative estimate of drug-likeness (QED) is 0.496. The molecule has 0 radical (unpaired) electrons. The number of nitrogens with zero attached hydrogens (tertiary/aromatic N) is 2. The first-order valence-electron chi connectivity index (χ1n) is 9.78. The molecule has 6 heteroatoms. The Balaban J connectivity index is 1.61. The first kappa shape index (κ1) is 20.5. The van der Waals surface area contributed by atoms with Gasteiger partial charge in [-0.05, 0) is 91.7 Å². The maximum atomic E-state index is 12.5. The zero-order valence-corrected chi connectivity index (χ0v) is 18.6. The highest BCUT2D eigenvalue weighted by atomic mass is 35.5. The van der Waals surface area contributed by atoms with Crippen LogP contribution in [0.2, 0.25) is 5.02 Å². The first-order chi connectivity index (χ1) is 14.4. The number of carbonyl (C=O) groups excluding carboxylic acids is 1. The summed E-state index contributed by atoms with van der Waals surface area (Å²) in [5.74, 6) is -0.134. The van der Waals surface area contributed by atoms with Gasteiger partial charge in [0.25, 0.3) is 5.91 Å². The highest BCUT2D eigenvalue weighted by Crippen LogP contribution is 2.30. The molecule has 1 aromatic heterocycles. The summed E-state index contributed by atoms with van der Waals surface area (Å²) in [5, 5.41) is 4.06. The van der Waals surface area contributed by atoms with E-state index in [4.69, 9.17) is 11.6 Å². The number of rotatable bonds is 4. The van der Waals surface area contributed by atoms with Crippen LogP contribution < -0.4 is 5.32 Å². The van der Waals surface area contributed by atoms with E-state index >= 15 is 0 Å². The summed E-state index contributed by atoms with van der Waals surface area (Å²) in [6.07, 6.45) is 2.96. The van der Waals surface area contributed by atoms with Crippen LogP contribution in [-0.4, -0.2) is 15.6 Å². The molecule has 4 nitrogen and oxygen atoms in total. The van der Waals surface area contributed by atoms with Gasteiger partial charge in [0.05, 0.1) is 10.6 Å². The average Bonchev–Trinajstić information content (AvgIpc) is 3.22. The number of aromatic nitrogens is 1.